The van der Waals surface area contributed by atoms with E-state index in [4.69, 9.17) is 14.5 Å². The monoisotopic (exact) mass is 618 g/mol. The normalized spacial score (nSPS) is 22.8. The summed E-state index contributed by atoms with van der Waals surface area (Å²) in [6.07, 6.45) is 3.15. The van der Waals surface area contributed by atoms with Crippen molar-refractivity contribution in [2.24, 2.45) is 23.7 Å². The molecule has 2 aromatic rings. The Labute approximate surface area is 263 Å². The van der Waals surface area contributed by atoms with Gasteiger partial charge in [-0.1, -0.05) is 43.7 Å². The summed E-state index contributed by atoms with van der Waals surface area (Å²) in [5, 5.41) is 3.01. The third-order valence-corrected chi connectivity index (χ3v) is 9.27. The molecule has 4 atom stereocenters. The molecule has 1 N–H and O–H groups in total. The number of esters is 1. The number of piperazine rings is 1. The second kappa shape index (κ2) is 13.4. The molecule has 240 valence electrons. The molecular formula is C33H42N6O6. The lowest BCUT2D eigenvalue weighted by molar-refractivity contribution is -0.145. The Hall–Kier alpha value is -4.22. The molecule has 0 radical (unpaired) electrons. The van der Waals surface area contributed by atoms with Gasteiger partial charge in [0.2, 0.25) is 5.91 Å². The van der Waals surface area contributed by atoms with E-state index in [2.05, 4.69) is 15.2 Å². The number of hydrogen-bond donors (Lipinski definition) is 1. The molecule has 3 heterocycles. The fraction of sp³-hybridized carbons (Fsp3) is 0.576. The number of fused-ring (bicyclic) bond motifs is 1. The summed E-state index contributed by atoms with van der Waals surface area (Å²) >= 11 is 0. The molecule has 1 aromatic heterocycles. The zero-order valence-electron chi connectivity index (χ0n) is 26.0. The topological polar surface area (TPSA) is 134 Å². The lowest BCUT2D eigenvalue weighted by atomic mass is 10.1. The lowest BCUT2D eigenvalue weighted by Crippen LogP contribution is -2.56. The predicted octanol–water partition coefficient (Wildman–Crippen LogP) is 2.98. The zero-order valence-corrected chi connectivity index (χ0v) is 26.0. The maximum atomic E-state index is 13.8. The highest BCUT2D eigenvalue weighted by Gasteiger charge is 2.60. The number of benzene rings is 1. The van der Waals surface area contributed by atoms with Crippen LogP contribution in [0.3, 0.4) is 0 Å². The van der Waals surface area contributed by atoms with Gasteiger partial charge in [0.1, 0.15) is 17.6 Å². The fourth-order valence-electron chi connectivity index (χ4n) is 6.46. The van der Waals surface area contributed by atoms with E-state index >= 15 is 0 Å². The summed E-state index contributed by atoms with van der Waals surface area (Å²) in [4.78, 5) is 67.0. The minimum absolute atomic E-state index is 0.0684. The molecule has 1 aromatic carbocycles. The number of ether oxygens (including phenoxy) is 2. The molecule has 3 amide bonds. The number of nitrogens with one attached hydrogen (secondary N) is 1. The van der Waals surface area contributed by atoms with Crippen LogP contribution in [0.5, 0.6) is 0 Å². The molecule has 45 heavy (non-hydrogen) atoms. The number of carbonyl (C=O) groups is 4. The highest BCUT2D eigenvalue weighted by atomic mass is 16.6. The summed E-state index contributed by atoms with van der Waals surface area (Å²) in [5.41, 5.74) is 0.975. The van der Waals surface area contributed by atoms with E-state index in [9.17, 15) is 19.2 Å². The molecule has 4 fully saturated rings. The van der Waals surface area contributed by atoms with E-state index < -0.39 is 11.9 Å². The second-order valence-corrected chi connectivity index (χ2v) is 12.4. The molecule has 2 aliphatic heterocycles. The van der Waals surface area contributed by atoms with Crippen molar-refractivity contribution in [3.05, 3.63) is 42.1 Å². The molecule has 6 rings (SSSR count). The second-order valence-electron chi connectivity index (χ2n) is 12.4. The third kappa shape index (κ3) is 6.89. The Kier molecular flexibility index (Phi) is 9.18. The molecule has 2 aliphatic carbocycles. The van der Waals surface area contributed by atoms with Crippen LogP contribution in [-0.2, 0) is 19.1 Å². The van der Waals surface area contributed by atoms with Crippen molar-refractivity contribution >= 4 is 29.7 Å². The van der Waals surface area contributed by atoms with Crippen LogP contribution >= 0.6 is 0 Å². The zero-order chi connectivity index (χ0) is 31.5. The Balaban J connectivity index is 1.14. The van der Waals surface area contributed by atoms with Crippen LogP contribution in [0.15, 0.2) is 36.4 Å². The van der Waals surface area contributed by atoms with Gasteiger partial charge in [-0.2, -0.15) is 0 Å². The number of nitrogens with zero attached hydrogens (tertiary/aromatic N) is 5. The van der Waals surface area contributed by atoms with Crippen molar-refractivity contribution in [3.8, 4) is 11.4 Å². The quantitative estimate of drug-likeness (QED) is 0.298. The molecule has 1 unspecified atom stereocenters. The number of rotatable bonds is 11. The summed E-state index contributed by atoms with van der Waals surface area (Å²) in [5.74, 6) is 0.789. The van der Waals surface area contributed by atoms with Crippen LogP contribution in [0, 0.1) is 23.7 Å². The maximum absolute atomic E-state index is 13.8. The Bertz CT molecular complexity index is 1400. The Morgan fingerprint density at radius 2 is 1.62 bits per heavy atom. The average Bonchev–Trinajstić information content (AvgIpc) is 3.99. The summed E-state index contributed by atoms with van der Waals surface area (Å²) in [6, 6.07) is 10.5. The first-order valence-corrected chi connectivity index (χ1v) is 16.2. The van der Waals surface area contributed by atoms with Gasteiger partial charge >= 0.3 is 12.1 Å². The summed E-state index contributed by atoms with van der Waals surface area (Å²) in [6.45, 7) is 7.50. The highest BCUT2D eigenvalue weighted by molar-refractivity contribution is 5.97. The van der Waals surface area contributed by atoms with Gasteiger partial charge in [0, 0.05) is 50.9 Å². The van der Waals surface area contributed by atoms with E-state index in [0.717, 1.165) is 31.2 Å². The molecule has 4 aliphatic rings. The van der Waals surface area contributed by atoms with Crippen LogP contribution in [0.2, 0.25) is 0 Å². The first kappa shape index (κ1) is 30.8. The van der Waals surface area contributed by atoms with E-state index in [1.54, 1.807) is 15.9 Å². The van der Waals surface area contributed by atoms with E-state index in [-0.39, 0.29) is 47.3 Å². The van der Waals surface area contributed by atoms with Crippen LogP contribution in [-0.4, -0.2) is 102 Å². The van der Waals surface area contributed by atoms with Crippen molar-refractivity contribution in [3.63, 3.8) is 0 Å². The molecule has 2 saturated carbocycles. The van der Waals surface area contributed by atoms with Crippen LogP contribution < -0.4 is 10.2 Å². The maximum Gasteiger partial charge on any atom is 0.409 e. The summed E-state index contributed by atoms with van der Waals surface area (Å²) in [7, 11) is 0. The van der Waals surface area contributed by atoms with Crippen LogP contribution in [0.4, 0.5) is 10.6 Å². The molecule has 12 nitrogen and oxygen atoms in total. The number of aromatic nitrogens is 2. The van der Waals surface area contributed by atoms with Crippen molar-refractivity contribution in [1.29, 1.82) is 0 Å². The minimum atomic E-state index is -0.663. The van der Waals surface area contributed by atoms with E-state index in [1.807, 2.05) is 44.2 Å². The molecule has 0 spiro atoms. The standard InChI is InChI=1S/C33H42N6O6/c1-3-5-17-45-33(43)38-15-13-37(14-16-38)31(41)28(21-11-12-21)36-30(40)25-18-26(35-29(34-25)22-9-7-6-8-10-22)39-19-23-24(20-39)27(23)32(42)44-4-2/h6-10,18,21,23-24,27-28H,3-5,11-17,19-20H2,1-2H3,(H,36,40)/t23-,24+,27?,28-/m0/s1. The first-order valence-electron chi connectivity index (χ1n) is 16.2. The van der Waals surface area contributed by atoms with Crippen molar-refractivity contribution in [2.45, 2.75) is 45.6 Å². The van der Waals surface area contributed by atoms with E-state index in [1.165, 1.54) is 0 Å². The van der Waals surface area contributed by atoms with Gasteiger partial charge in [-0.25, -0.2) is 14.8 Å². The average molecular weight is 619 g/mol. The Morgan fingerprint density at radius 3 is 2.27 bits per heavy atom. The first-order chi connectivity index (χ1) is 21.9. The fourth-order valence-corrected chi connectivity index (χ4v) is 6.46. The van der Waals surface area contributed by atoms with E-state index in [0.29, 0.717) is 64.1 Å². The smallest absolute Gasteiger partial charge is 0.409 e. The largest absolute Gasteiger partial charge is 0.466 e. The third-order valence-electron chi connectivity index (χ3n) is 9.27. The lowest BCUT2D eigenvalue weighted by Gasteiger charge is -2.36. The van der Waals surface area contributed by atoms with Crippen LogP contribution in [0.25, 0.3) is 11.4 Å². The number of unbranched alkanes of at least 4 members (excludes halogenated alkanes) is 1. The van der Waals surface area contributed by atoms with Gasteiger partial charge in [-0.3, -0.25) is 14.4 Å². The van der Waals surface area contributed by atoms with Crippen LogP contribution in [0.1, 0.15) is 50.0 Å². The Morgan fingerprint density at radius 1 is 0.933 bits per heavy atom. The van der Waals surface area contributed by atoms with Gasteiger partial charge in [-0.15, -0.1) is 0 Å². The molecular weight excluding hydrogens is 576 g/mol. The van der Waals surface area contributed by atoms with Gasteiger partial charge < -0.3 is 29.5 Å². The van der Waals surface area contributed by atoms with Gasteiger partial charge in [0.25, 0.3) is 5.91 Å². The predicted molar refractivity (Wildman–Crippen MR) is 165 cm³/mol. The minimum Gasteiger partial charge on any atom is -0.466 e. The SMILES string of the molecule is CCCCOC(=O)N1CCN(C(=O)[C@@H](NC(=O)c2cc(N3C[C@@H]4C(C(=O)OCC)[C@@H]4C3)nc(-c3ccccc3)n2)C2CC2)CC1. The molecule has 12 heteroatoms. The van der Waals surface area contributed by atoms with Gasteiger partial charge in [-0.05, 0) is 43.9 Å². The van der Waals surface area contributed by atoms with Crippen molar-refractivity contribution in [2.75, 3.05) is 57.4 Å². The van der Waals surface area contributed by atoms with Gasteiger partial charge in [0.15, 0.2) is 5.82 Å². The molecule has 0 bridgehead atoms. The van der Waals surface area contributed by atoms with Gasteiger partial charge in [0.05, 0.1) is 19.1 Å². The number of anilines is 1. The number of piperidine rings is 1. The van der Waals surface area contributed by atoms with Crippen molar-refractivity contribution in [1.82, 2.24) is 25.1 Å². The molecule has 2 saturated heterocycles. The number of amides is 3. The van der Waals surface area contributed by atoms with Crippen molar-refractivity contribution < 1.29 is 28.7 Å². The summed E-state index contributed by atoms with van der Waals surface area (Å²) < 4.78 is 10.6. The number of carbonyl (C=O) groups excluding carboxylic acids is 4. The number of hydrogen-bond acceptors (Lipinski definition) is 9. The highest BCUT2D eigenvalue weighted by Crippen LogP contribution is 2.53.